The first kappa shape index (κ1) is 19.2. The molecule has 0 unspecified atom stereocenters. The van der Waals surface area contributed by atoms with Gasteiger partial charge in [0.05, 0.1) is 22.9 Å². The number of benzene rings is 2. The summed E-state index contributed by atoms with van der Waals surface area (Å²) in [6.07, 6.45) is 1.07. The smallest absolute Gasteiger partial charge is 0.140 e. The van der Waals surface area contributed by atoms with Gasteiger partial charge in [-0.2, -0.15) is 10.4 Å². The molecular formula is C24H20FN5O. The van der Waals surface area contributed by atoms with Gasteiger partial charge in [0.1, 0.15) is 29.0 Å². The number of aromatic nitrogens is 3. The second-order valence-corrected chi connectivity index (χ2v) is 8.31. The highest BCUT2D eigenvalue weighted by molar-refractivity contribution is 5.87. The first-order valence-corrected chi connectivity index (χ1v) is 10.0. The first-order valence-electron chi connectivity index (χ1n) is 10.0. The third kappa shape index (κ3) is 3.22. The van der Waals surface area contributed by atoms with Crippen LogP contribution in [0.1, 0.15) is 31.4 Å². The Morgan fingerprint density at radius 2 is 1.94 bits per heavy atom. The van der Waals surface area contributed by atoms with E-state index in [9.17, 15) is 14.8 Å². The van der Waals surface area contributed by atoms with E-state index in [1.165, 1.54) is 6.07 Å². The van der Waals surface area contributed by atoms with Gasteiger partial charge >= 0.3 is 0 Å². The van der Waals surface area contributed by atoms with Gasteiger partial charge in [0.25, 0.3) is 0 Å². The van der Waals surface area contributed by atoms with Crippen LogP contribution < -0.4 is 5.73 Å². The maximum Gasteiger partial charge on any atom is 0.140 e. The van der Waals surface area contributed by atoms with Crippen LogP contribution in [-0.4, -0.2) is 25.5 Å². The van der Waals surface area contributed by atoms with Crippen LogP contribution in [-0.2, 0) is 0 Å². The third-order valence-corrected chi connectivity index (χ3v) is 5.87. The van der Waals surface area contributed by atoms with Crippen LogP contribution in [0, 0.1) is 17.1 Å². The van der Waals surface area contributed by atoms with Crippen molar-refractivity contribution < 1.29 is 9.50 Å². The molecule has 6 nitrogen and oxygen atoms in total. The fourth-order valence-corrected chi connectivity index (χ4v) is 4.25. The summed E-state index contributed by atoms with van der Waals surface area (Å²) < 4.78 is 15.9. The minimum atomic E-state index is -0.730. The lowest BCUT2D eigenvalue weighted by atomic mass is 9.77. The van der Waals surface area contributed by atoms with Crippen molar-refractivity contribution in [3.63, 3.8) is 0 Å². The Labute approximate surface area is 178 Å². The summed E-state index contributed by atoms with van der Waals surface area (Å²) in [5.74, 6) is -0.0358. The van der Waals surface area contributed by atoms with E-state index >= 15 is 0 Å². The number of nitrogens with zero attached hydrogens (tertiary/aromatic N) is 4. The molecule has 2 heterocycles. The lowest BCUT2D eigenvalue weighted by Gasteiger charge is -2.41. The van der Waals surface area contributed by atoms with Crippen LogP contribution in [0.5, 0.6) is 0 Å². The van der Waals surface area contributed by atoms with Crippen LogP contribution in [0.25, 0.3) is 33.4 Å². The molecule has 1 aliphatic rings. The van der Waals surface area contributed by atoms with E-state index in [2.05, 4.69) is 16.2 Å². The maximum absolute atomic E-state index is 14.2. The van der Waals surface area contributed by atoms with E-state index in [0.717, 1.165) is 5.39 Å². The van der Waals surface area contributed by atoms with Crippen molar-refractivity contribution in [3.05, 3.63) is 66.0 Å². The number of halogens is 1. The van der Waals surface area contributed by atoms with Gasteiger partial charge in [0, 0.05) is 16.5 Å². The predicted molar refractivity (Wildman–Crippen MR) is 116 cm³/mol. The van der Waals surface area contributed by atoms with Crippen molar-refractivity contribution in [2.24, 2.45) is 0 Å². The Kier molecular flexibility index (Phi) is 4.27. The van der Waals surface area contributed by atoms with Gasteiger partial charge in [-0.3, -0.25) is 0 Å². The highest BCUT2D eigenvalue weighted by atomic mass is 19.1. The van der Waals surface area contributed by atoms with Crippen molar-refractivity contribution in [2.45, 2.75) is 31.4 Å². The summed E-state index contributed by atoms with van der Waals surface area (Å²) in [4.78, 5) is 4.64. The second-order valence-electron chi connectivity index (χ2n) is 8.31. The van der Waals surface area contributed by atoms with Crippen molar-refractivity contribution in [3.8, 4) is 28.6 Å². The summed E-state index contributed by atoms with van der Waals surface area (Å²) in [6, 6.07) is 17.9. The number of nitrogen functional groups attached to an aromatic ring is 1. The molecule has 154 valence electrons. The number of hydrogen-bond donors (Lipinski definition) is 2. The molecule has 0 aliphatic heterocycles. The van der Waals surface area contributed by atoms with E-state index in [1.807, 2.05) is 24.3 Å². The minimum absolute atomic E-state index is 0.0397. The molecule has 1 saturated carbocycles. The molecule has 5 rings (SSSR count). The monoisotopic (exact) mass is 413 g/mol. The molecule has 2 aromatic carbocycles. The molecular weight excluding hydrogens is 393 g/mol. The molecule has 0 bridgehead atoms. The van der Waals surface area contributed by atoms with Gasteiger partial charge in [-0.25, -0.2) is 14.1 Å². The molecule has 1 aliphatic carbocycles. The van der Waals surface area contributed by atoms with Crippen molar-refractivity contribution in [1.29, 1.82) is 5.26 Å². The number of aliphatic hydroxyl groups is 1. The molecule has 7 heteroatoms. The molecule has 0 amide bonds. The average molecular weight is 413 g/mol. The summed E-state index contributed by atoms with van der Waals surface area (Å²) >= 11 is 0. The SMILES string of the molecule is C[C@]1(O)C[C@@H](n2nc(-c3ccc4ccc(-c5ccccc5F)nc4c3)c(C#N)c2N)C1. The topological polar surface area (TPSA) is 101 Å². The predicted octanol–water partition coefficient (Wildman–Crippen LogP) is 4.44. The largest absolute Gasteiger partial charge is 0.390 e. The molecule has 2 aromatic heterocycles. The van der Waals surface area contributed by atoms with E-state index in [4.69, 9.17) is 5.73 Å². The standard InChI is InChI=1S/C24H20FN5O/c1-24(31)11-16(12-24)30-23(27)18(13-26)22(29-30)15-7-6-14-8-9-20(28-21(14)10-15)17-4-2-3-5-19(17)25/h2-10,16,31H,11-12,27H2,1H3/t16-,24+. The molecule has 31 heavy (non-hydrogen) atoms. The third-order valence-electron chi connectivity index (χ3n) is 5.87. The maximum atomic E-state index is 14.2. The number of anilines is 1. The Bertz CT molecular complexity index is 1360. The molecule has 1 fully saturated rings. The van der Waals surface area contributed by atoms with Crippen molar-refractivity contribution in [2.75, 3.05) is 5.73 Å². The number of nitriles is 1. The van der Waals surface area contributed by atoms with E-state index in [1.54, 1.807) is 35.9 Å². The number of hydrogen-bond acceptors (Lipinski definition) is 5. The lowest BCUT2D eigenvalue weighted by Crippen LogP contribution is -2.42. The molecule has 0 atom stereocenters. The number of nitrogens with two attached hydrogens (primary N) is 1. The summed E-state index contributed by atoms with van der Waals surface area (Å²) in [5, 5.41) is 25.3. The van der Waals surface area contributed by atoms with Gasteiger partial charge in [-0.1, -0.05) is 30.3 Å². The van der Waals surface area contributed by atoms with Gasteiger partial charge in [0.15, 0.2) is 0 Å². The molecule has 0 radical (unpaired) electrons. The molecule has 3 N–H and O–H groups in total. The Morgan fingerprint density at radius 1 is 1.19 bits per heavy atom. The molecule has 0 saturated heterocycles. The van der Waals surface area contributed by atoms with Crippen LogP contribution in [0.15, 0.2) is 54.6 Å². The quantitative estimate of drug-likeness (QED) is 0.517. The summed E-state index contributed by atoms with van der Waals surface area (Å²) in [5.41, 5.74) is 8.61. The Hall–Kier alpha value is -3.76. The summed E-state index contributed by atoms with van der Waals surface area (Å²) in [6.45, 7) is 1.78. The van der Waals surface area contributed by atoms with Gasteiger partial charge in [-0.15, -0.1) is 0 Å². The zero-order valence-electron chi connectivity index (χ0n) is 16.9. The highest BCUT2D eigenvalue weighted by Gasteiger charge is 2.41. The van der Waals surface area contributed by atoms with Crippen molar-refractivity contribution in [1.82, 2.24) is 14.8 Å². The van der Waals surface area contributed by atoms with E-state index in [0.29, 0.717) is 52.3 Å². The van der Waals surface area contributed by atoms with Gasteiger partial charge in [-0.05, 0) is 44.0 Å². The van der Waals surface area contributed by atoms with E-state index < -0.39 is 5.60 Å². The average Bonchev–Trinajstić information content (AvgIpc) is 3.07. The normalized spacial score (nSPS) is 20.4. The number of pyridine rings is 1. The van der Waals surface area contributed by atoms with Gasteiger partial charge in [0.2, 0.25) is 0 Å². The Balaban J connectivity index is 1.59. The van der Waals surface area contributed by atoms with Crippen LogP contribution in [0.4, 0.5) is 10.2 Å². The van der Waals surface area contributed by atoms with Crippen molar-refractivity contribution >= 4 is 16.7 Å². The zero-order valence-corrected chi connectivity index (χ0v) is 16.9. The zero-order chi connectivity index (χ0) is 21.8. The van der Waals surface area contributed by atoms with Gasteiger partial charge < -0.3 is 10.8 Å². The fraction of sp³-hybridized carbons (Fsp3) is 0.208. The summed E-state index contributed by atoms with van der Waals surface area (Å²) in [7, 11) is 0. The van der Waals surface area contributed by atoms with Crippen LogP contribution in [0.3, 0.4) is 0 Å². The molecule has 4 aromatic rings. The highest BCUT2D eigenvalue weighted by Crippen LogP contribution is 2.43. The fourth-order valence-electron chi connectivity index (χ4n) is 4.25. The first-order chi connectivity index (χ1) is 14.9. The second kappa shape index (κ2) is 6.89. The number of fused-ring (bicyclic) bond motifs is 1. The minimum Gasteiger partial charge on any atom is -0.390 e. The van der Waals surface area contributed by atoms with E-state index in [-0.39, 0.29) is 11.9 Å². The van der Waals surface area contributed by atoms with Crippen LogP contribution >= 0.6 is 0 Å². The number of rotatable bonds is 3. The Morgan fingerprint density at radius 3 is 2.65 bits per heavy atom. The lowest BCUT2D eigenvalue weighted by molar-refractivity contribution is -0.0535. The van der Waals surface area contributed by atoms with Crippen LogP contribution in [0.2, 0.25) is 0 Å². The molecule has 0 spiro atoms.